The normalized spacial score (nSPS) is 12.6. The number of nitrogens with one attached hydrogen (secondary N) is 1. The molecule has 10 heteroatoms. The largest absolute Gasteiger partial charge is 0.350 e. The summed E-state index contributed by atoms with van der Waals surface area (Å²) < 4.78 is 44.2. The average Bonchev–Trinajstić information content (AvgIpc) is 2.91. The number of rotatable bonds is 11. The van der Waals surface area contributed by atoms with Gasteiger partial charge in [-0.2, -0.15) is 12.7 Å². The molecule has 0 radical (unpaired) electrons. The molecule has 0 aliphatic carbocycles. The van der Waals surface area contributed by atoms with E-state index in [9.17, 15) is 22.4 Å². The predicted octanol–water partition coefficient (Wildman–Crippen LogP) is 4.61. The van der Waals surface area contributed by atoms with E-state index in [4.69, 9.17) is 0 Å². The van der Waals surface area contributed by atoms with Gasteiger partial charge in [0.05, 0.1) is 5.69 Å². The number of amides is 2. The molecule has 0 aliphatic heterocycles. The van der Waals surface area contributed by atoms with Gasteiger partial charge in [0, 0.05) is 38.2 Å². The van der Waals surface area contributed by atoms with Crippen LogP contribution in [0.3, 0.4) is 0 Å². The molecule has 3 aromatic rings. The second-order valence-corrected chi connectivity index (χ2v) is 13.7. The lowest BCUT2D eigenvalue weighted by molar-refractivity contribution is -0.140. The van der Waals surface area contributed by atoms with Crippen molar-refractivity contribution in [3.8, 4) is 0 Å². The number of carbonyl (C=O) groups is 2. The Morgan fingerprint density at radius 1 is 0.929 bits per heavy atom. The van der Waals surface area contributed by atoms with Gasteiger partial charge >= 0.3 is 10.2 Å². The standard InChI is InChI=1S/C32H41FN4O4S/c1-23-17-18-24(2)28(19-23)37(42(40,41)35(6)7)22-30(38)36(21-26-15-11-12-16-27(26)33)29(31(39)34-32(3,4)5)20-25-13-9-8-10-14-25/h8-19,29H,20-22H2,1-7H3,(H,34,39)/t29-/m1/s1. The van der Waals surface area contributed by atoms with Gasteiger partial charge in [-0.25, -0.2) is 8.70 Å². The van der Waals surface area contributed by atoms with E-state index in [2.05, 4.69) is 5.32 Å². The highest BCUT2D eigenvalue weighted by Crippen LogP contribution is 2.26. The third-order valence-corrected chi connectivity index (χ3v) is 8.53. The number of carbonyl (C=O) groups excluding carboxylic acids is 2. The molecule has 0 aromatic heterocycles. The lowest BCUT2D eigenvalue weighted by Gasteiger charge is -2.36. The minimum absolute atomic E-state index is 0.146. The molecule has 8 nitrogen and oxygen atoms in total. The van der Waals surface area contributed by atoms with Crippen molar-refractivity contribution in [2.75, 3.05) is 24.9 Å². The Morgan fingerprint density at radius 3 is 2.14 bits per heavy atom. The summed E-state index contributed by atoms with van der Waals surface area (Å²) in [6.45, 7) is 8.28. The first-order chi connectivity index (χ1) is 19.6. The van der Waals surface area contributed by atoms with Crippen molar-refractivity contribution in [2.24, 2.45) is 0 Å². The molecule has 3 aromatic carbocycles. The van der Waals surface area contributed by atoms with Crippen LogP contribution < -0.4 is 9.62 Å². The van der Waals surface area contributed by atoms with E-state index in [0.29, 0.717) is 11.3 Å². The van der Waals surface area contributed by atoms with Gasteiger partial charge in [0.2, 0.25) is 11.8 Å². The van der Waals surface area contributed by atoms with E-state index in [1.54, 1.807) is 37.3 Å². The van der Waals surface area contributed by atoms with Gasteiger partial charge in [-0.1, -0.05) is 60.7 Å². The second kappa shape index (κ2) is 13.5. The van der Waals surface area contributed by atoms with E-state index in [1.807, 2.05) is 64.1 Å². The fraction of sp³-hybridized carbons (Fsp3) is 0.375. The van der Waals surface area contributed by atoms with Crippen LogP contribution in [0.1, 0.15) is 43.0 Å². The lowest BCUT2D eigenvalue weighted by Crippen LogP contribution is -2.56. The fourth-order valence-corrected chi connectivity index (χ4v) is 5.62. The Kier molecular flexibility index (Phi) is 10.5. The highest BCUT2D eigenvalue weighted by molar-refractivity contribution is 7.90. The highest BCUT2D eigenvalue weighted by atomic mass is 32.2. The highest BCUT2D eigenvalue weighted by Gasteiger charge is 2.36. The Labute approximate surface area is 249 Å². The first-order valence-electron chi connectivity index (χ1n) is 13.8. The van der Waals surface area contributed by atoms with Gasteiger partial charge in [-0.05, 0) is 63.4 Å². The van der Waals surface area contributed by atoms with Crippen molar-refractivity contribution in [1.82, 2.24) is 14.5 Å². The number of anilines is 1. The lowest BCUT2D eigenvalue weighted by atomic mass is 10.0. The van der Waals surface area contributed by atoms with Crippen molar-refractivity contribution < 1.29 is 22.4 Å². The minimum atomic E-state index is -4.13. The van der Waals surface area contributed by atoms with Crippen molar-refractivity contribution in [2.45, 2.75) is 59.2 Å². The van der Waals surface area contributed by atoms with Gasteiger partial charge in [0.1, 0.15) is 18.4 Å². The van der Waals surface area contributed by atoms with Gasteiger partial charge in [-0.3, -0.25) is 9.59 Å². The molecular weight excluding hydrogens is 555 g/mol. The van der Waals surface area contributed by atoms with Crippen LogP contribution in [0, 0.1) is 19.7 Å². The molecule has 0 unspecified atom stereocenters. The Bertz CT molecular complexity index is 1500. The summed E-state index contributed by atoms with van der Waals surface area (Å²) in [6, 6.07) is 19.6. The zero-order chi connectivity index (χ0) is 31.2. The summed E-state index contributed by atoms with van der Waals surface area (Å²) in [7, 11) is -1.34. The predicted molar refractivity (Wildman–Crippen MR) is 165 cm³/mol. The molecule has 0 saturated heterocycles. The number of hydrogen-bond acceptors (Lipinski definition) is 4. The number of aryl methyl sites for hydroxylation is 2. The average molecular weight is 597 g/mol. The summed E-state index contributed by atoms with van der Waals surface area (Å²) in [5.74, 6) is -1.60. The molecule has 0 heterocycles. The zero-order valence-electron chi connectivity index (χ0n) is 25.4. The van der Waals surface area contributed by atoms with E-state index in [1.165, 1.54) is 25.1 Å². The van der Waals surface area contributed by atoms with Gasteiger partial charge in [0.15, 0.2) is 0 Å². The molecule has 0 aliphatic rings. The maximum atomic E-state index is 14.9. The summed E-state index contributed by atoms with van der Waals surface area (Å²) in [4.78, 5) is 29.4. The number of hydrogen-bond donors (Lipinski definition) is 1. The number of benzene rings is 3. The van der Waals surface area contributed by atoms with Crippen LogP contribution in [-0.4, -0.2) is 61.7 Å². The quantitative estimate of drug-likeness (QED) is 0.350. The fourth-order valence-electron chi connectivity index (χ4n) is 4.51. The van der Waals surface area contributed by atoms with Crippen LogP contribution in [0.15, 0.2) is 72.8 Å². The van der Waals surface area contributed by atoms with E-state index < -0.39 is 46.0 Å². The molecule has 0 bridgehead atoms. The maximum Gasteiger partial charge on any atom is 0.304 e. The van der Waals surface area contributed by atoms with Gasteiger partial charge in [-0.15, -0.1) is 0 Å². The van der Waals surface area contributed by atoms with Gasteiger partial charge < -0.3 is 10.2 Å². The number of halogens is 1. The van der Waals surface area contributed by atoms with E-state index in [-0.39, 0.29) is 18.5 Å². The Balaban J connectivity index is 2.16. The molecule has 1 N–H and O–H groups in total. The molecule has 0 spiro atoms. The monoisotopic (exact) mass is 596 g/mol. The molecule has 0 saturated carbocycles. The Hall–Kier alpha value is -3.76. The van der Waals surface area contributed by atoms with E-state index in [0.717, 1.165) is 19.7 Å². The van der Waals surface area contributed by atoms with Crippen LogP contribution in [-0.2, 0) is 32.8 Å². The van der Waals surface area contributed by atoms with Crippen LogP contribution in [0.4, 0.5) is 10.1 Å². The molecule has 42 heavy (non-hydrogen) atoms. The topological polar surface area (TPSA) is 90.0 Å². The third kappa shape index (κ3) is 8.39. The summed E-state index contributed by atoms with van der Waals surface area (Å²) in [6.07, 6.45) is 0.146. The first kappa shape index (κ1) is 32.8. The van der Waals surface area contributed by atoms with Crippen molar-refractivity contribution in [3.63, 3.8) is 0 Å². The first-order valence-corrected chi connectivity index (χ1v) is 15.2. The zero-order valence-corrected chi connectivity index (χ0v) is 26.2. The van der Waals surface area contributed by atoms with Crippen LogP contribution in [0.25, 0.3) is 0 Å². The van der Waals surface area contributed by atoms with Crippen molar-refractivity contribution >= 4 is 27.7 Å². The summed E-state index contributed by atoms with van der Waals surface area (Å²) in [5, 5.41) is 2.96. The van der Waals surface area contributed by atoms with Crippen LogP contribution >= 0.6 is 0 Å². The Morgan fingerprint density at radius 2 is 1.55 bits per heavy atom. The van der Waals surface area contributed by atoms with E-state index >= 15 is 0 Å². The SMILES string of the molecule is Cc1ccc(C)c(N(CC(=O)N(Cc2ccccc2F)[C@H](Cc2ccccc2)C(=O)NC(C)(C)C)S(=O)(=O)N(C)C)c1. The molecule has 1 atom stereocenters. The summed E-state index contributed by atoms with van der Waals surface area (Å²) >= 11 is 0. The second-order valence-electron chi connectivity index (χ2n) is 11.6. The van der Waals surface area contributed by atoms with Crippen LogP contribution in [0.5, 0.6) is 0 Å². The molecule has 2 amide bonds. The molecule has 0 fully saturated rings. The van der Waals surface area contributed by atoms with Crippen molar-refractivity contribution in [1.29, 1.82) is 0 Å². The third-order valence-electron chi connectivity index (χ3n) is 6.72. The maximum absolute atomic E-state index is 14.9. The molecular formula is C32H41FN4O4S. The molecule has 226 valence electrons. The molecule has 3 rings (SSSR count). The van der Waals surface area contributed by atoms with Crippen molar-refractivity contribution in [3.05, 3.63) is 101 Å². The van der Waals surface area contributed by atoms with Crippen LogP contribution in [0.2, 0.25) is 0 Å². The number of nitrogens with zero attached hydrogens (tertiary/aromatic N) is 3. The minimum Gasteiger partial charge on any atom is -0.350 e. The smallest absolute Gasteiger partial charge is 0.304 e. The summed E-state index contributed by atoms with van der Waals surface area (Å²) in [5.41, 5.74) is 2.22. The van der Waals surface area contributed by atoms with Gasteiger partial charge in [0.25, 0.3) is 0 Å².